The van der Waals surface area contributed by atoms with Gasteiger partial charge in [0.05, 0.1) is 20.3 Å². The van der Waals surface area contributed by atoms with Gasteiger partial charge in [-0.05, 0) is 48.2 Å². The Morgan fingerprint density at radius 2 is 1.75 bits per heavy atom. The predicted octanol–water partition coefficient (Wildman–Crippen LogP) is 2.62. The number of hydrogen-bond acceptors (Lipinski definition) is 5. The SMILES string of the molecule is CCc1ccc(OC)c(S(=O)(=O)NCCc2ccc(N3CCOCC3)cc2)c1. The lowest BCUT2D eigenvalue weighted by molar-refractivity contribution is 0.122. The van der Waals surface area contributed by atoms with E-state index in [0.717, 1.165) is 43.9 Å². The van der Waals surface area contributed by atoms with E-state index in [2.05, 4.69) is 33.9 Å². The van der Waals surface area contributed by atoms with Gasteiger partial charge in [0, 0.05) is 25.3 Å². The van der Waals surface area contributed by atoms with Crippen LogP contribution in [0, 0.1) is 0 Å². The molecular weight excluding hydrogens is 376 g/mol. The van der Waals surface area contributed by atoms with Gasteiger partial charge in [0.25, 0.3) is 0 Å². The molecule has 0 amide bonds. The average Bonchev–Trinajstić information content (AvgIpc) is 2.74. The van der Waals surface area contributed by atoms with E-state index >= 15 is 0 Å². The van der Waals surface area contributed by atoms with Crippen LogP contribution in [0.25, 0.3) is 0 Å². The fourth-order valence-electron chi connectivity index (χ4n) is 3.25. The van der Waals surface area contributed by atoms with Crippen LogP contribution in [0.15, 0.2) is 47.4 Å². The number of anilines is 1. The second-order valence-corrected chi connectivity index (χ2v) is 8.49. The molecule has 0 saturated carbocycles. The molecule has 1 aliphatic rings. The fraction of sp³-hybridized carbons (Fsp3) is 0.429. The van der Waals surface area contributed by atoms with E-state index in [1.54, 1.807) is 12.1 Å². The highest BCUT2D eigenvalue weighted by molar-refractivity contribution is 7.89. The first-order valence-corrected chi connectivity index (χ1v) is 11.1. The third-order valence-corrected chi connectivity index (χ3v) is 6.43. The van der Waals surface area contributed by atoms with Crippen molar-refractivity contribution in [1.82, 2.24) is 4.72 Å². The summed E-state index contributed by atoms with van der Waals surface area (Å²) in [6.45, 7) is 5.64. The fourth-order valence-corrected chi connectivity index (χ4v) is 4.50. The van der Waals surface area contributed by atoms with Crippen LogP contribution < -0.4 is 14.4 Å². The van der Waals surface area contributed by atoms with Crippen molar-refractivity contribution >= 4 is 15.7 Å². The average molecular weight is 405 g/mol. The van der Waals surface area contributed by atoms with Crippen molar-refractivity contribution in [1.29, 1.82) is 0 Å². The van der Waals surface area contributed by atoms with E-state index < -0.39 is 10.0 Å². The minimum atomic E-state index is -3.63. The van der Waals surface area contributed by atoms with Crippen molar-refractivity contribution in [3.05, 3.63) is 53.6 Å². The van der Waals surface area contributed by atoms with Crippen LogP contribution in [-0.4, -0.2) is 48.4 Å². The summed E-state index contributed by atoms with van der Waals surface area (Å²) < 4.78 is 38.8. The second-order valence-electron chi connectivity index (χ2n) is 6.75. The molecule has 28 heavy (non-hydrogen) atoms. The van der Waals surface area contributed by atoms with Crippen LogP contribution in [0.5, 0.6) is 5.75 Å². The Morgan fingerprint density at radius 3 is 2.39 bits per heavy atom. The van der Waals surface area contributed by atoms with Gasteiger partial charge in [0.15, 0.2) is 0 Å². The van der Waals surface area contributed by atoms with E-state index in [0.29, 0.717) is 18.7 Å². The molecule has 1 saturated heterocycles. The van der Waals surface area contributed by atoms with Crippen molar-refractivity contribution in [2.24, 2.45) is 0 Å². The van der Waals surface area contributed by atoms with Crippen LogP contribution in [0.1, 0.15) is 18.1 Å². The lowest BCUT2D eigenvalue weighted by Gasteiger charge is -2.28. The molecule has 0 unspecified atom stereocenters. The minimum absolute atomic E-state index is 0.192. The Bertz CT molecular complexity index is 876. The number of methoxy groups -OCH3 is 1. The number of hydrogen-bond donors (Lipinski definition) is 1. The molecule has 1 N–H and O–H groups in total. The number of aryl methyl sites for hydroxylation is 1. The summed E-state index contributed by atoms with van der Waals surface area (Å²) >= 11 is 0. The van der Waals surface area contributed by atoms with Gasteiger partial charge in [0.1, 0.15) is 10.6 Å². The van der Waals surface area contributed by atoms with Crippen LogP contribution in [-0.2, 0) is 27.6 Å². The quantitative estimate of drug-likeness (QED) is 0.733. The van der Waals surface area contributed by atoms with E-state index in [1.807, 2.05) is 13.0 Å². The largest absolute Gasteiger partial charge is 0.495 e. The standard InChI is InChI=1S/C21H28N2O4S/c1-3-17-6-9-20(26-2)21(16-17)28(24,25)22-11-10-18-4-7-19(8-5-18)23-12-14-27-15-13-23/h4-9,16,22H,3,10-15H2,1-2H3. The number of sulfonamides is 1. The first kappa shape index (κ1) is 20.6. The van der Waals surface area contributed by atoms with Crippen molar-refractivity contribution in [3.8, 4) is 5.75 Å². The van der Waals surface area contributed by atoms with Crippen LogP contribution in [0.4, 0.5) is 5.69 Å². The monoisotopic (exact) mass is 404 g/mol. The van der Waals surface area contributed by atoms with E-state index in [9.17, 15) is 8.42 Å². The Labute approximate surface area is 167 Å². The molecule has 7 heteroatoms. The third-order valence-electron chi connectivity index (χ3n) is 4.94. The summed E-state index contributed by atoms with van der Waals surface area (Å²) in [5, 5.41) is 0. The Balaban J connectivity index is 1.61. The molecular formula is C21H28N2O4S. The molecule has 1 fully saturated rings. The molecule has 152 valence electrons. The third kappa shape index (κ3) is 5.04. The number of nitrogens with zero attached hydrogens (tertiary/aromatic N) is 1. The molecule has 1 aliphatic heterocycles. The zero-order valence-electron chi connectivity index (χ0n) is 16.5. The summed E-state index contributed by atoms with van der Waals surface area (Å²) in [5.74, 6) is 0.361. The summed E-state index contributed by atoms with van der Waals surface area (Å²) in [7, 11) is -2.15. The van der Waals surface area contributed by atoms with Crippen molar-refractivity contribution in [2.75, 3.05) is 44.9 Å². The van der Waals surface area contributed by atoms with Crippen LogP contribution in [0.2, 0.25) is 0 Å². The summed E-state index contributed by atoms with van der Waals surface area (Å²) in [5.41, 5.74) is 3.22. The maximum absolute atomic E-state index is 12.7. The zero-order valence-corrected chi connectivity index (χ0v) is 17.3. The summed E-state index contributed by atoms with van der Waals surface area (Å²) in [6, 6.07) is 13.5. The van der Waals surface area contributed by atoms with Crippen molar-refractivity contribution < 1.29 is 17.9 Å². The highest BCUT2D eigenvalue weighted by Crippen LogP contribution is 2.25. The van der Waals surface area contributed by atoms with Gasteiger partial charge in [-0.25, -0.2) is 13.1 Å². The number of benzene rings is 2. The van der Waals surface area contributed by atoms with Gasteiger partial charge in [-0.2, -0.15) is 0 Å². The normalized spacial score (nSPS) is 14.9. The van der Waals surface area contributed by atoms with Gasteiger partial charge in [-0.1, -0.05) is 25.1 Å². The minimum Gasteiger partial charge on any atom is -0.495 e. The summed E-state index contributed by atoms with van der Waals surface area (Å²) in [6.07, 6.45) is 1.39. The number of nitrogens with one attached hydrogen (secondary N) is 1. The molecule has 6 nitrogen and oxygen atoms in total. The van der Waals surface area contributed by atoms with Crippen molar-refractivity contribution in [3.63, 3.8) is 0 Å². The molecule has 0 bridgehead atoms. The smallest absolute Gasteiger partial charge is 0.244 e. The topological polar surface area (TPSA) is 67.9 Å². The highest BCUT2D eigenvalue weighted by Gasteiger charge is 2.19. The van der Waals surface area contributed by atoms with E-state index in [1.165, 1.54) is 12.8 Å². The van der Waals surface area contributed by atoms with Gasteiger partial charge in [0.2, 0.25) is 10.0 Å². The number of morpholine rings is 1. The second kappa shape index (κ2) is 9.41. The molecule has 0 atom stereocenters. The maximum atomic E-state index is 12.7. The maximum Gasteiger partial charge on any atom is 0.244 e. The van der Waals surface area contributed by atoms with Crippen molar-refractivity contribution in [2.45, 2.75) is 24.7 Å². The van der Waals surface area contributed by atoms with E-state index in [-0.39, 0.29) is 4.90 Å². The highest BCUT2D eigenvalue weighted by atomic mass is 32.2. The lowest BCUT2D eigenvalue weighted by Crippen LogP contribution is -2.36. The van der Waals surface area contributed by atoms with Gasteiger partial charge < -0.3 is 14.4 Å². The summed E-state index contributed by atoms with van der Waals surface area (Å²) in [4.78, 5) is 2.49. The predicted molar refractivity (Wildman–Crippen MR) is 111 cm³/mol. The molecule has 0 aromatic heterocycles. The molecule has 1 heterocycles. The number of ether oxygens (including phenoxy) is 2. The van der Waals surface area contributed by atoms with Crippen LogP contribution >= 0.6 is 0 Å². The van der Waals surface area contributed by atoms with Crippen LogP contribution in [0.3, 0.4) is 0 Å². The molecule has 0 spiro atoms. The van der Waals surface area contributed by atoms with Gasteiger partial charge >= 0.3 is 0 Å². The first-order valence-electron chi connectivity index (χ1n) is 9.61. The van der Waals surface area contributed by atoms with Gasteiger partial charge in [-0.15, -0.1) is 0 Å². The zero-order chi connectivity index (χ0) is 20.0. The number of rotatable bonds is 8. The molecule has 3 rings (SSSR count). The first-order chi connectivity index (χ1) is 13.5. The Morgan fingerprint density at radius 1 is 1.07 bits per heavy atom. The molecule has 0 radical (unpaired) electrons. The van der Waals surface area contributed by atoms with E-state index in [4.69, 9.17) is 9.47 Å². The molecule has 0 aliphatic carbocycles. The van der Waals surface area contributed by atoms with Gasteiger partial charge in [-0.3, -0.25) is 0 Å². The Kier molecular flexibility index (Phi) is 6.93. The molecule has 2 aromatic carbocycles. The Hall–Kier alpha value is -2.09. The molecule has 2 aromatic rings. The lowest BCUT2D eigenvalue weighted by atomic mass is 10.1.